The van der Waals surface area contributed by atoms with Crippen LogP contribution in [0, 0.1) is 0 Å². The topological polar surface area (TPSA) is 54.4 Å². The molecule has 0 aromatic heterocycles. The molecule has 0 aromatic rings. The van der Waals surface area contributed by atoms with Crippen molar-refractivity contribution in [3.8, 4) is 0 Å². The lowest BCUT2D eigenvalue weighted by Crippen LogP contribution is -2.14. The van der Waals surface area contributed by atoms with Crippen LogP contribution < -0.4 is 0 Å². The zero-order chi connectivity index (χ0) is 10.9. The van der Waals surface area contributed by atoms with Gasteiger partial charge in [0.1, 0.15) is 5.94 Å². The van der Waals surface area contributed by atoms with Crippen LogP contribution in [0.2, 0.25) is 0 Å². The summed E-state index contributed by atoms with van der Waals surface area (Å²) in [6.07, 6.45) is 1.22. The molecule has 1 atom stereocenters. The van der Waals surface area contributed by atoms with Crippen LogP contribution in [0.4, 0.5) is 0 Å². The van der Waals surface area contributed by atoms with Gasteiger partial charge in [0.2, 0.25) is 0 Å². The van der Waals surface area contributed by atoms with Crippen LogP contribution >= 0.6 is 34.8 Å². The minimum Gasteiger partial charge on any atom is -0.478 e. The maximum atomic E-state index is 10.7. The van der Waals surface area contributed by atoms with E-state index >= 15 is 0 Å². The molecule has 3 nitrogen and oxygen atoms in total. The summed E-state index contributed by atoms with van der Waals surface area (Å²) in [7, 11) is 0. The first-order valence-electron chi connectivity index (χ1n) is 3.39. The molecule has 0 aromatic carbocycles. The van der Waals surface area contributed by atoms with E-state index in [-0.39, 0.29) is 21.2 Å². The van der Waals surface area contributed by atoms with Crippen molar-refractivity contribution in [1.82, 2.24) is 0 Å². The lowest BCUT2D eigenvalue weighted by molar-refractivity contribution is -0.132. The lowest BCUT2D eigenvalue weighted by Gasteiger charge is -2.15. The molecule has 0 saturated heterocycles. The molecule has 1 N–H and O–H groups in total. The van der Waals surface area contributed by atoms with E-state index in [1.807, 2.05) is 0 Å². The number of carbonyl (C=O) groups excluding carboxylic acids is 1. The third-order valence-electron chi connectivity index (χ3n) is 1.59. The summed E-state index contributed by atoms with van der Waals surface area (Å²) in [5.41, 5.74) is -0.446. The van der Waals surface area contributed by atoms with E-state index in [0.717, 1.165) is 0 Å². The Balaban J connectivity index is 3.39. The lowest BCUT2D eigenvalue weighted by atomic mass is 10.0. The van der Waals surface area contributed by atoms with E-state index in [0.29, 0.717) is 0 Å². The van der Waals surface area contributed by atoms with Gasteiger partial charge in [-0.1, -0.05) is 23.2 Å². The van der Waals surface area contributed by atoms with Gasteiger partial charge >= 0.3 is 5.97 Å². The summed E-state index contributed by atoms with van der Waals surface area (Å²) >= 11 is 16.9. The fourth-order valence-corrected chi connectivity index (χ4v) is 2.04. The van der Waals surface area contributed by atoms with Gasteiger partial charge in [-0.3, -0.25) is 0 Å². The van der Waals surface area contributed by atoms with Crippen LogP contribution in [0.1, 0.15) is 0 Å². The van der Waals surface area contributed by atoms with Crippen molar-refractivity contribution in [2.24, 2.45) is 0 Å². The molecular weight excluding hydrogens is 250 g/mol. The molecule has 74 valence electrons. The molecule has 0 heterocycles. The van der Waals surface area contributed by atoms with Gasteiger partial charge in [0.15, 0.2) is 0 Å². The number of rotatable bonds is 1. The van der Waals surface area contributed by atoms with E-state index in [1.165, 1.54) is 12.0 Å². The van der Waals surface area contributed by atoms with Gasteiger partial charge in [0.25, 0.3) is 0 Å². The monoisotopic (exact) mass is 252 g/mol. The number of allylic oxidation sites excluding steroid dienone is 3. The second kappa shape index (κ2) is 4.20. The third-order valence-corrected chi connectivity index (χ3v) is 2.64. The van der Waals surface area contributed by atoms with E-state index in [4.69, 9.17) is 39.9 Å². The number of alkyl halides is 1. The first kappa shape index (κ1) is 11.3. The van der Waals surface area contributed by atoms with Crippen molar-refractivity contribution >= 4 is 46.7 Å². The van der Waals surface area contributed by atoms with Gasteiger partial charge in [0.05, 0.1) is 26.6 Å². The SMILES string of the molecule is O=C=C1C(Cl)=C(C(=O)O)C(Cl)=CC1Cl. The number of halogens is 3. The number of hydrogen-bond acceptors (Lipinski definition) is 2. The van der Waals surface area contributed by atoms with Crippen molar-refractivity contribution < 1.29 is 14.7 Å². The Hall–Kier alpha value is -0.730. The Bertz CT molecular complexity index is 402. The van der Waals surface area contributed by atoms with Crippen LogP contribution in [0.15, 0.2) is 27.3 Å². The molecule has 14 heavy (non-hydrogen) atoms. The van der Waals surface area contributed by atoms with E-state index in [9.17, 15) is 9.59 Å². The van der Waals surface area contributed by atoms with E-state index in [1.54, 1.807) is 0 Å². The van der Waals surface area contributed by atoms with Crippen molar-refractivity contribution in [2.45, 2.75) is 5.38 Å². The number of aliphatic carboxylic acids is 1. The standard InChI is InChI=1S/C8H3Cl3O3/c9-4-1-5(10)6(8(13)14)7(11)3(4)2-12/h1,4H,(H,13,14). The minimum absolute atomic E-state index is 0.0819. The molecule has 0 aliphatic heterocycles. The van der Waals surface area contributed by atoms with Crippen molar-refractivity contribution in [3.63, 3.8) is 0 Å². The predicted octanol–water partition coefficient (Wildman–Crippen LogP) is 2.07. The van der Waals surface area contributed by atoms with Crippen LogP contribution in [0.3, 0.4) is 0 Å². The summed E-state index contributed by atoms with van der Waals surface area (Å²) in [5, 5.41) is 7.54. The Morgan fingerprint density at radius 3 is 2.50 bits per heavy atom. The highest BCUT2D eigenvalue weighted by Gasteiger charge is 2.28. The molecule has 0 spiro atoms. The number of carbonyl (C=O) groups is 1. The number of hydrogen-bond donors (Lipinski definition) is 1. The average molecular weight is 253 g/mol. The number of carboxylic acids is 1. The summed E-state index contributed by atoms with van der Waals surface area (Å²) in [6, 6.07) is 0. The summed E-state index contributed by atoms with van der Waals surface area (Å²) in [6.45, 7) is 0. The number of carboxylic acid groups (broad SMARTS) is 1. The second-order valence-corrected chi connectivity index (χ2v) is 3.68. The quantitative estimate of drug-likeness (QED) is 0.575. The highest BCUT2D eigenvalue weighted by atomic mass is 35.5. The highest BCUT2D eigenvalue weighted by molar-refractivity contribution is 6.43. The first-order valence-corrected chi connectivity index (χ1v) is 4.58. The van der Waals surface area contributed by atoms with E-state index in [2.05, 4.69) is 0 Å². The zero-order valence-electron chi connectivity index (χ0n) is 6.55. The Kier molecular flexibility index (Phi) is 3.40. The van der Waals surface area contributed by atoms with Crippen molar-refractivity contribution in [1.29, 1.82) is 0 Å². The Labute approximate surface area is 94.2 Å². The largest absolute Gasteiger partial charge is 0.478 e. The summed E-state index contributed by atoms with van der Waals surface area (Å²) < 4.78 is 0. The first-order chi connectivity index (χ1) is 6.49. The molecule has 0 bridgehead atoms. The van der Waals surface area contributed by atoms with Gasteiger partial charge in [0, 0.05) is 0 Å². The molecule has 0 amide bonds. The smallest absolute Gasteiger partial charge is 0.338 e. The molecule has 1 unspecified atom stereocenters. The summed E-state index contributed by atoms with van der Waals surface area (Å²) in [5.74, 6) is 0.175. The normalized spacial score (nSPS) is 21.8. The van der Waals surface area contributed by atoms with Crippen LogP contribution in [-0.2, 0) is 9.59 Å². The molecular formula is C8H3Cl3O3. The van der Waals surface area contributed by atoms with Crippen LogP contribution in [0.25, 0.3) is 0 Å². The third kappa shape index (κ3) is 1.86. The predicted molar refractivity (Wildman–Crippen MR) is 53.3 cm³/mol. The van der Waals surface area contributed by atoms with Crippen LogP contribution in [0.5, 0.6) is 0 Å². The Morgan fingerprint density at radius 1 is 1.50 bits per heavy atom. The van der Waals surface area contributed by atoms with E-state index < -0.39 is 11.3 Å². The molecule has 1 aliphatic carbocycles. The summed E-state index contributed by atoms with van der Waals surface area (Å²) in [4.78, 5) is 21.1. The van der Waals surface area contributed by atoms with Gasteiger partial charge in [-0.25, -0.2) is 9.59 Å². The highest BCUT2D eigenvalue weighted by Crippen LogP contribution is 2.35. The van der Waals surface area contributed by atoms with Gasteiger partial charge in [-0.2, -0.15) is 0 Å². The Morgan fingerprint density at radius 2 is 2.07 bits per heavy atom. The molecule has 1 aliphatic rings. The molecule has 0 saturated carbocycles. The van der Waals surface area contributed by atoms with Crippen molar-refractivity contribution in [2.75, 3.05) is 0 Å². The average Bonchev–Trinajstić information content (AvgIpc) is 2.02. The maximum Gasteiger partial charge on any atom is 0.338 e. The van der Waals surface area contributed by atoms with Gasteiger partial charge in [-0.15, -0.1) is 11.6 Å². The maximum absolute atomic E-state index is 10.7. The minimum atomic E-state index is -1.31. The fraction of sp³-hybridized carbons (Fsp3) is 0.125. The van der Waals surface area contributed by atoms with Crippen LogP contribution in [-0.4, -0.2) is 22.4 Å². The van der Waals surface area contributed by atoms with Crippen molar-refractivity contribution in [3.05, 3.63) is 27.3 Å². The van der Waals surface area contributed by atoms with Gasteiger partial charge < -0.3 is 5.11 Å². The van der Waals surface area contributed by atoms with Gasteiger partial charge in [-0.05, 0) is 6.08 Å². The zero-order valence-corrected chi connectivity index (χ0v) is 8.82. The molecule has 0 radical (unpaired) electrons. The second-order valence-electron chi connectivity index (χ2n) is 2.43. The molecule has 0 fully saturated rings. The fourth-order valence-electron chi connectivity index (χ4n) is 0.953. The molecule has 6 heteroatoms. The molecule has 1 rings (SSSR count).